The molecule has 0 bridgehead atoms. The molecule has 1 amide bonds. The number of carbonyl (C=O) groups is 1. The van der Waals surface area contributed by atoms with Crippen molar-refractivity contribution in [2.24, 2.45) is 0 Å². The number of aromatic nitrogens is 2. The number of hydrogen-bond donors (Lipinski definition) is 0. The first kappa shape index (κ1) is 20.9. The van der Waals surface area contributed by atoms with Crippen molar-refractivity contribution in [1.29, 1.82) is 0 Å². The van der Waals surface area contributed by atoms with Crippen molar-refractivity contribution in [2.75, 3.05) is 13.1 Å². The van der Waals surface area contributed by atoms with E-state index in [1.807, 2.05) is 23.1 Å². The van der Waals surface area contributed by atoms with Crippen LogP contribution in [0.15, 0.2) is 52.4 Å². The van der Waals surface area contributed by atoms with Gasteiger partial charge in [-0.3, -0.25) is 14.2 Å². The van der Waals surface area contributed by atoms with Crippen LogP contribution < -0.4 is 5.56 Å². The smallest absolute Gasteiger partial charge is 0.262 e. The van der Waals surface area contributed by atoms with Crippen molar-refractivity contribution in [1.82, 2.24) is 14.5 Å². The standard InChI is InChI=1S/C22H21ClFN3O2S/c23-18-13-16(24)9-8-15(18)14-30-22-25-19-6-2-1-5-17(19)21(29)27(22)12-4-11-26-10-3-7-20(26)28/h1-2,5-6,8-9,13H,3-4,7,10-12,14H2. The number of para-hydroxylation sites is 1. The number of amides is 1. The topological polar surface area (TPSA) is 55.2 Å². The second-order valence-corrected chi connectivity index (χ2v) is 8.58. The zero-order chi connectivity index (χ0) is 21.1. The van der Waals surface area contributed by atoms with Crippen LogP contribution in [0.1, 0.15) is 24.8 Å². The number of halogens is 2. The fourth-order valence-corrected chi connectivity index (χ4v) is 4.94. The van der Waals surface area contributed by atoms with Gasteiger partial charge in [0.1, 0.15) is 5.82 Å². The third-order valence-electron chi connectivity index (χ3n) is 5.18. The summed E-state index contributed by atoms with van der Waals surface area (Å²) in [5, 5.41) is 1.51. The number of hydrogen-bond acceptors (Lipinski definition) is 4. The number of benzene rings is 2. The normalized spacial score (nSPS) is 14.1. The summed E-state index contributed by atoms with van der Waals surface area (Å²) in [7, 11) is 0. The lowest BCUT2D eigenvalue weighted by Crippen LogP contribution is -2.29. The molecule has 1 aliphatic heterocycles. The van der Waals surface area contributed by atoms with Crippen LogP contribution in [0.4, 0.5) is 4.39 Å². The fourth-order valence-electron chi connectivity index (χ4n) is 3.60. The van der Waals surface area contributed by atoms with E-state index in [0.29, 0.717) is 52.8 Å². The van der Waals surface area contributed by atoms with Gasteiger partial charge in [-0.05, 0) is 42.7 Å². The Labute approximate surface area is 182 Å². The van der Waals surface area contributed by atoms with Crippen molar-refractivity contribution < 1.29 is 9.18 Å². The lowest BCUT2D eigenvalue weighted by atomic mass is 10.2. The van der Waals surface area contributed by atoms with Gasteiger partial charge < -0.3 is 4.90 Å². The van der Waals surface area contributed by atoms with E-state index in [1.54, 1.807) is 16.7 Å². The Bertz CT molecular complexity index is 1150. The molecule has 2 aromatic carbocycles. The predicted octanol–water partition coefficient (Wildman–Crippen LogP) is 4.49. The third kappa shape index (κ3) is 4.52. The average Bonchev–Trinajstić information content (AvgIpc) is 3.14. The number of rotatable bonds is 7. The molecule has 30 heavy (non-hydrogen) atoms. The summed E-state index contributed by atoms with van der Waals surface area (Å²) in [5.41, 5.74) is 1.32. The van der Waals surface area contributed by atoms with Gasteiger partial charge in [-0.2, -0.15) is 0 Å². The molecule has 5 nitrogen and oxygen atoms in total. The molecule has 4 rings (SSSR count). The van der Waals surface area contributed by atoms with Gasteiger partial charge in [0.2, 0.25) is 5.91 Å². The van der Waals surface area contributed by atoms with Crippen LogP contribution >= 0.6 is 23.4 Å². The van der Waals surface area contributed by atoms with E-state index in [9.17, 15) is 14.0 Å². The van der Waals surface area contributed by atoms with E-state index in [0.717, 1.165) is 18.5 Å². The van der Waals surface area contributed by atoms with Gasteiger partial charge in [0.25, 0.3) is 5.56 Å². The molecule has 0 spiro atoms. The lowest BCUT2D eigenvalue weighted by molar-refractivity contribution is -0.127. The Kier molecular flexibility index (Phi) is 6.39. The molecule has 0 N–H and O–H groups in total. The Morgan fingerprint density at radius 1 is 1.13 bits per heavy atom. The van der Waals surface area contributed by atoms with Crippen molar-refractivity contribution in [2.45, 2.75) is 36.7 Å². The van der Waals surface area contributed by atoms with Crippen LogP contribution in [0.3, 0.4) is 0 Å². The summed E-state index contributed by atoms with van der Waals surface area (Å²) in [6.07, 6.45) is 2.18. The summed E-state index contributed by atoms with van der Waals surface area (Å²) in [5.74, 6) is 0.264. The van der Waals surface area contributed by atoms with Crippen LogP contribution in [0.25, 0.3) is 10.9 Å². The maximum atomic E-state index is 13.3. The molecule has 0 unspecified atom stereocenters. The van der Waals surface area contributed by atoms with E-state index in [2.05, 4.69) is 0 Å². The van der Waals surface area contributed by atoms with Gasteiger partial charge in [0, 0.05) is 36.8 Å². The summed E-state index contributed by atoms with van der Waals surface area (Å²) >= 11 is 7.55. The average molecular weight is 446 g/mol. The highest BCUT2D eigenvalue weighted by molar-refractivity contribution is 7.98. The molecule has 3 aromatic rings. The Morgan fingerprint density at radius 2 is 1.97 bits per heavy atom. The first-order valence-electron chi connectivity index (χ1n) is 9.87. The third-order valence-corrected chi connectivity index (χ3v) is 6.56. The van der Waals surface area contributed by atoms with Crippen LogP contribution in [0.5, 0.6) is 0 Å². The Balaban J connectivity index is 1.58. The Morgan fingerprint density at radius 3 is 2.73 bits per heavy atom. The van der Waals surface area contributed by atoms with E-state index in [1.165, 1.54) is 23.9 Å². The van der Waals surface area contributed by atoms with Crippen molar-refractivity contribution >= 4 is 40.2 Å². The highest BCUT2D eigenvalue weighted by atomic mass is 35.5. The van der Waals surface area contributed by atoms with Gasteiger partial charge in [0.05, 0.1) is 10.9 Å². The zero-order valence-electron chi connectivity index (χ0n) is 16.3. The molecule has 1 aliphatic rings. The molecule has 2 heterocycles. The molecule has 1 saturated heterocycles. The first-order valence-corrected chi connectivity index (χ1v) is 11.2. The van der Waals surface area contributed by atoms with Gasteiger partial charge in [-0.1, -0.05) is 41.6 Å². The maximum Gasteiger partial charge on any atom is 0.262 e. The number of nitrogens with zero attached hydrogens (tertiary/aromatic N) is 3. The van der Waals surface area contributed by atoms with Gasteiger partial charge >= 0.3 is 0 Å². The van der Waals surface area contributed by atoms with Crippen molar-refractivity contribution in [3.05, 3.63) is 69.2 Å². The number of thioether (sulfide) groups is 1. The quantitative estimate of drug-likeness (QED) is 0.397. The van der Waals surface area contributed by atoms with Gasteiger partial charge in [-0.25, -0.2) is 9.37 Å². The van der Waals surface area contributed by atoms with Crippen molar-refractivity contribution in [3.63, 3.8) is 0 Å². The van der Waals surface area contributed by atoms with Crippen molar-refractivity contribution in [3.8, 4) is 0 Å². The minimum atomic E-state index is -0.383. The van der Waals surface area contributed by atoms with Crippen LogP contribution in [-0.4, -0.2) is 33.4 Å². The SMILES string of the molecule is O=C1CCCN1CCCn1c(SCc2ccc(F)cc2Cl)nc2ccccc2c1=O. The van der Waals surface area contributed by atoms with E-state index >= 15 is 0 Å². The molecule has 1 fully saturated rings. The maximum absolute atomic E-state index is 13.3. The largest absolute Gasteiger partial charge is 0.343 e. The molecule has 0 saturated carbocycles. The summed E-state index contributed by atoms with van der Waals surface area (Å²) in [6.45, 7) is 1.89. The molecular formula is C22H21ClFN3O2S. The number of likely N-dealkylation sites (tertiary alicyclic amines) is 1. The number of fused-ring (bicyclic) bond motifs is 1. The van der Waals surface area contributed by atoms with E-state index in [4.69, 9.17) is 16.6 Å². The zero-order valence-corrected chi connectivity index (χ0v) is 17.9. The highest BCUT2D eigenvalue weighted by Crippen LogP contribution is 2.27. The predicted molar refractivity (Wildman–Crippen MR) is 117 cm³/mol. The molecule has 0 atom stereocenters. The molecule has 0 radical (unpaired) electrons. The first-order chi connectivity index (χ1) is 14.5. The minimum Gasteiger partial charge on any atom is -0.343 e. The lowest BCUT2D eigenvalue weighted by Gasteiger charge is -2.17. The summed E-state index contributed by atoms with van der Waals surface area (Å²) < 4.78 is 15.0. The molecule has 156 valence electrons. The Hall–Kier alpha value is -2.38. The van der Waals surface area contributed by atoms with Gasteiger partial charge in [-0.15, -0.1) is 0 Å². The monoisotopic (exact) mass is 445 g/mol. The van der Waals surface area contributed by atoms with E-state index < -0.39 is 0 Å². The molecular weight excluding hydrogens is 425 g/mol. The van der Waals surface area contributed by atoms with Crippen LogP contribution in [0, 0.1) is 5.82 Å². The number of carbonyl (C=O) groups excluding carboxylic acids is 1. The molecule has 8 heteroatoms. The fraction of sp³-hybridized carbons (Fsp3) is 0.318. The molecule has 1 aromatic heterocycles. The molecule has 0 aliphatic carbocycles. The summed E-state index contributed by atoms with van der Waals surface area (Å²) in [6, 6.07) is 11.6. The second-order valence-electron chi connectivity index (χ2n) is 7.23. The van der Waals surface area contributed by atoms with E-state index in [-0.39, 0.29) is 17.3 Å². The van der Waals surface area contributed by atoms with Crippen LogP contribution in [-0.2, 0) is 17.1 Å². The van der Waals surface area contributed by atoms with Crippen LogP contribution in [0.2, 0.25) is 5.02 Å². The minimum absolute atomic E-state index is 0.0962. The second kappa shape index (κ2) is 9.18. The summed E-state index contributed by atoms with van der Waals surface area (Å²) in [4.78, 5) is 31.5. The van der Waals surface area contributed by atoms with Gasteiger partial charge in [0.15, 0.2) is 5.16 Å². The highest BCUT2D eigenvalue weighted by Gasteiger charge is 2.20.